The van der Waals surface area contributed by atoms with Crippen LogP contribution in [0.4, 0.5) is 0 Å². The van der Waals surface area contributed by atoms with Crippen LogP contribution in [0.25, 0.3) is 0 Å². The minimum absolute atomic E-state index is 0.373. The van der Waals surface area contributed by atoms with Crippen LogP contribution in [0.2, 0.25) is 0 Å². The summed E-state index contributed by atoms with van der Waals surface area (Å²) in [7, 11) is -2.69. The summed E-state index contributed by atoms with van der Waals surface area (Å²) >= 11 is 0. The molecule has 0 aromatic carbocycles. The molecule has 1 atom stereocenters. The molecule has 0 spiro atoms. The number of esters is 2. The van der Waals surface area contributed by atoms with Gasteiger partial charge in [-0.3, -0.25) is 14.4 Å². The van der Waals surface area contributed by atoms with E-state index in [9.17, 15) is 22.8 Å². The fourth-order valence-corrected chi connectivity index (χ4v) is 1.35. The van der Waals surface area contributed by atoms with Crippen LogP contribution in [-0.2, 0) is 29.8 Å². The molecule has 0 aliphatic rings. The minimum Gasteiger partial charge on any atom is -0.393 e. The second kappa shape index (κ2) is 6.28. The Hall–Kier alpha value is -1.24. The molecule has 0 aromatic rings. The van der Waals surface area contributed by atoms with E-state index in [2.05, 4.69) is 4.74 Å². The van der Waals surface area contributed by atoms with Gasteiger partial charge in [-0.15, -0.1) is 0 Å². The normalized spacial score (nSPS) is 12.2. The molecule has 86 valence electrons. The van der Waals surface area contributed by atoms with Gasteiger partial charge in [-0.25, -0.2) is 8.42 Å². The Labute approximate surface area is 88.5 Å². The predicted molar refractivity (Wildman–Crippen MR) is 50.7 cm³/mol. The fraction of sp³-hybridized carbons (Fsp3) is 0.625. The molecule has 6 nitrogen and oxygen atoms in total. The number of rotatable bonds is 5. The van der Waals surface area contributed by atoms with Crippen molar-refractivity contribution in [3.05, 3.63) is 0 Å². The average Bonchev–Trinajstić information content (AvgIpc) is 2.00. The van der Waals surface area contributed by atoms with Crippen LogP contribution in [0.3, 0.4) is 0 Å². The van der Waals surface area contributed by atoms with Gasteiger partial charge in [0.05, 0.1) is 11.7 Å². The first-order valence-electron chi connectivity index (χ1n) is 4.18. The molecular weight excluding hydrogens is 224 g/mol. The first-order valence-corrected chi connectivity index (χ1v) is 5.55. The van der Waals surface area contributed by atoms with Crippen LogP contribution in [0.5, 0.6) is 0 Å². The van der Waals surface area contributed by atoms with Gasteiger partial charge in [0.15, 0.2) is 0 Å². The lowest BCUT2D eigenvalue weighted by molar-refractivity contribution is -0.162. The highest BCUT2D eigenvalue weighted by Crippen LogP contribution is 2.00. The molecule has 0 fully saturated rings. The molecule has 0 saturated heterocycles. The maximum atomic E-state index is 11.0. The minimum atomic E-state index is -2.69. The maximum Gasteiger partial charge on any atom is 0.320 e. The van der Waals surface area contributed by atoms with Gasteiger partial charge in [-0.2, -0.15) is 0 Å². The van der Waals surface area contributed by atoms with Gasteiger partial charge < -0.3 is 4.74 Å². The van der Waals surface area contributed by atoms with E-state index in [-0.39, 0.29) is 5.75 Å². The van der Waals surface area contributed by atoms with Gasteiger partial charge in [0, 0.05) is 0 Å². The molecule has 0 heterocycles. The number of hydrogen-bond acceptors (Lipinski definition) is 6. The van der Waals surface area contributed by atoms with Crippen LogP contribution in [-0.4, -0.2) is 31.9 Å². The predicted octanol–water partition coefficient (Wildman–Crippen LogP) is -0.717. The van der Waals surface area contributed by atoms with Crippen molar-refractivity contribution in [3.63, 3.8) is 0 Å². The summed E-state index contributed by atoms with van der Waals surface area (Å²) in [5, 5.41) is 0. The zero-order valence-corrected chi connectivity index (χ0v) is 9.28. The third-order valence-corrected chi connectivity index (χ3v) is 2.28. The van der Waals surface area contributed by atoms with Gasteiger partial charge in [0.1, 0.15) is 22.9 Å². The van der Waals surface area contributed by atoms with Gasteiger partial charge in [-0.1, -0.05) is 6.92 Å². The molecule has 0 N–H and O–H groups in total. The SMILES string of the molecule is CC(=O)CC(=O)OC(=O)C(C)C[SH](=O)=O. The standard InChI is InChI=1S/C8H12O6S/c1-5(4-15(12)13)8(11)14-7(10)3-6(2)9/h5,15H,3-4H2,1-2H3. The molecule has 1 unspecified atom stereocenters. The Morgan fingerprint density at radius 3 is 2.20 bits per heavy atom. The highest BCUT2D eigenvalue weighted by atomic mass is 32.2. The van der Waals surface area contributed by atoms with Crippen LogP contribution in [0, 0.1) is 5.92 Å². The monoisotopic (exact) mass is 236 g/mol. The molecule has 0 aliphatic carbocycles. The molecule has 0 aliphatic heterocycles. The highest BCUT2D eigenvalue weighted by Gasteiger charge is 2.19. The van der Waals surface area contributed by atoms with Crippen molar-refractivity contribution in [2.75, 3.05) is 5.75 Å². The fourth-order valence-electron chi connectivity index (χ4n) is 0.750. The van der Waals surface area contributed by atoms with Crippen molar-refractivity contribution < 1.29 is 27.5 Å². The van der Waals surface area contributed by atoms with Gasteiger partial charge in [0.2, 0.25) is 0 Å². The molecule has 0 aromatic heterocycles. The molecule has 0 bridgehead atoms. The second-order valence-electron chi connectivity index (χ2n) is 3.09. The van der Waals surface area contributed by atoms with E-state index in [0.717, 1.165) is 0 Å². The Kier molecular flexibility index (Phi) is 5.76. The summed E-state index contributed by atoms with van der Waals surface area (Å²) < 4.78 is 24.8. The average molecular weight is 236 g/mol. The van der Waals surface area contributed by atoms with E-state index >= 15 is 0 Å². The molecular formula is C8H12O6S. The first-order chi connectivity index (χ1) is 6.82. The smallest absolute Gasteiger partial charge is 0.320 e. The van der Waals surface area contributed by atoms with Crippen molar-refractivity contribution in [2.24, 2.45) is 5.92 Å². The maximum absolute atomic E-state index is 11.0. The number of Topliss-reactive ketones (excluding diaryl/α,β-unsaturated/α-hetero) is 1. The number of carbonyl (C=O) groups excluding carboxylic acids is 3. The summed E-state index contributed by atoms with van der Waals surface area (Å²) in [6.07, 6.45) is -0.484. The number of hydrogen-bond donors (Lipinski definition) is 1. The highest BCUT2D eigenvalue weighted by molar-refractivity contribution is 7.72. The molecule has 0 amide bonds. The second-order valence-corrected chi connectivity index (χ2v) is 4.12. The van der Waals surface area contributed by atoms with Crippen molar-refractivity contribution in [3.8, 4) is 0 Å². The summed E-state index contributed by atoms with van der Waals surface area (Å²) in [5.41, 5.74) is 0. The zero-order valence-electron chi connectivity index (χ0n) is 8.39. The lowest BCUT2D eigenvalue weighted by Gasteiger charge is -2.05. The number of ether oxygens (including phenoxy) is 1. The van der Waals surface area contributed by atoms with Gasteiger partial charge in [-0.05, 0) is 6.92 Å². The van der Waals surface area contributed by atoms with Crippen molar-refractivity contribution >= 4 is 28.4 Å². The Morgan fingerprint density at radius 1 is 1.27 bits per heavy atom. The summed E-state index contributed by atoms with van der Waals surface area (Å²) in [4.78, 5) is 32.4. The van der Waals surface area contributed by atoms with E-state index in [1.807, 2.05) is 0 Å². The Bertz CT molecular complexity index is 335. The molecule has 0 saturated carbocycles. The van der Waals surface area contributed by atoms with Crippen LogP contribution < -0.4 is 0 Å². The van der Waals surface area contributed by atoms with Crippen molar-refractivity contribution in [1.29, 1.82) is 0 Å². The topological polar surface area (TPSA) is 94.6 Å². The Balaban J connectivity index is 4.12. The Morgan fingerprint density at radius 2 is 1.80 bits per heavy atom. The molecule has 0 rings (SSSR count). The van der Waals surface area contributed by atoms with Crippen molar-refractivity contribution in [2.45, 2.75) is 20.3 Å². The lowest BCUT2D eigenvalue weighted by Crippen LogP contribution is -2.23. The van der Waals surface area contributed by atoms with Crippen molar-refractivity contribution in [1.82, 2.24) is 0 Å². The summed E-state index contributed by atoms with van der Waals surface area (Å²) in [6, 6.07) is 0. The molecule has 0 radical (unpaired) electrons. The third kappa shape index (κ3) is 6.78. The lowest BCUT2D eigenvalue weighted by atomic mass is 10.2. The van der Waals surface area contributed by atoms with Crippen LogP contribution in [0.1, 0.15) is 20.3 Å². The number of carbonyl (C=O) groups is 3. The van der Waals surface area contributed by atoms with E-state index < -0.39 is 40.8 Å². The third-order valence-electron chi connectivity index (χ3n) is 1.43. The largest absolute Gasteiger partial charge is 0.393 e. The van der Waals surface area contributed by atoms with E-state index in [1.54, 1.807) is 0 Å². The van der Waals surface area contributed by atoms with E-state index in [4.69, 9.17) is 0 Å². The van der Waals surface area contributed by atoms with E-state index in [0.29, 0.717) is 0 Å². The molecule has 7 heteroatoms. The summed E-state index contributed by atoms with van der Waals surface area (Å²) in [6.45, 7) is 2.51. The quantitative estimate of drug-likeness (QED) is 0.384. The summed E-state index contributed by atoms with van der Waals surface area (Å²) in [5.74, 6) is -3.58. The van der Waals surface area contributed by atoms with Gasteiger partial charge in [0.25, 0.3) is 0 Å². The zero-order chi connectivity index (χ0) is 12.0. The van der Waals surface area contributed by atoms with Gasteiger partial charge >= 0.3 is 11.9 Å². The number of thiol groups is 1. The van der Waals surface area contributed by atoms with E-state index in [1.165, 1.54) is 13.8 Å². The molecule has 15 heavy (non-hydrogen) atoms. The van der Waals surface area contributed by atoms with Crippen LogP contribution >= 0.6 is 0 Å². The van der Waals surface area contributed by atoms with Crippen LogP contribution in [0.15, 0.2) is 0 Å². The first kappa shape index (κ1) is 13.8. The number of ketones is 1.